The number of hydrogen-bond donors (Lipinski definition) is 0. The molecule has 3 rings (SSSR count). The third-order valence-electron chi connectivity index (χ3n) is 4.00. The van der Waals surface area contributed by atoms with E-state index in [1.807, 2.05) is 35.2 Å². The normalized spacial score (nSPS) is 17.5. The number of amides is 1. The standard InChI is InChI=1S/C15H19N5OS/c1-15(2)8-10-19(11-9-15)14(21)22-13-16-17-18-20(13)12-6-4-3-5-7-12/h3-7H,8-11H2,1-2H3. The fourth-order valence-electron chi connectivity index (χ4n) is 2.41. The first kappa shape index (κ1) is 15.0. The van der Waals surface area contributed by atoms with E-state index in [9.17, 15) is 4.79 Å². The largest absolute Gasteiger partial charge is 0.333 e. The molecule has 0 spiro atoms. The molecule has 2 aromatic rings. The summed E-state index contributed by atoms with van der Waals surface area (Å²) in [4.78, 5) is 14.3. The van der Waals surface area contributed by atoms with Gasteiger partial charge in [-0.15, -0.1) is 5.10 Å². The van der Waals surface area contributed by atoms with Crippen molar-refractivity contribution in [1.29, 1.82) is 0 Å². The van der Waals surface area contributed by atoms with E-state index in [-0.39, 0.29) is 5.24 Å². The maximum Gasteiger partial charge on any atom is 0.289 e. The Labute approximate surface area is 133 Å². The molecule has 0 saturated carbocycles. The van der Waals surface area contributed by atoms with E-state index in [1.54, 1.807) is 4.68 Å². The summed E-state index contributed by atoms with van der Waals surface area (Å²) in [6.07, 6.45) is 2.06. The summed E-state index contributed by atoms with van der Waals surface area (Å²) in [6, 6.07) is 9.59. The second-order valence-electron chi connectivity index (χ2n) is 6.23. The molecule has 6 nitrogen and oxygen atoms in total. The van der Waals surface area contributed by atoms with Crippen LogP contribution < -0.4 is 0 Å². The molecule has 1 amide bonds. The molecule has 1 saturated heterocycles. The van der Waals surface area contributed by atoms with Crippen molar-refractivity contribution in [2.45, 2.75) is 31.8 Å². The summed E-state index contributed by atoms with van der Waals surface area (Å²) in [7, 11) is 0. The number of likely N-dealkylation sites (tertiary alicyclic amines) is 1. The Morgan fingerprint density at radius 2 is 1.86 bits per heavy atom. The average Bonchev–Trinajstić information content (AvgIpc) is 2.96. The summed E-state index contributed by atoms with van der Waals surface area (Å²) in [5.74, 6) is 0. The highest BCUT2D eigenvalue weighted by molar-refractivity contribution is 8.13. The lowest BCUT2D eigenvalue weighted by atomic mass is 9.83. The molecule has 1 aliphatic rings. The SMILES string of the molecule is CC1(C)CCN(C(=O)Sc2nnnn2-c2ccccc2)CC1. The van der Waals surface area contributed by atoms with Crippen LogP contribution in [0.3, 0.4) is 0 Å². The third-order valence-corrected chi connectivity index (χ3v) is 4.87. The molecule has 0 N–H and O–H groups in total. The summed E-state index contributed by atoms with van der Waals surface area (Å²) < 4.78 is 1.59. The van der Waals surface area contributed by atoms with E-state index in [0.717, 1.165) is 43.4 Å². The van der Waals surface area contributed by atoms with Gasteiger partial charge in [-0.1, -0.05) is 32.0 Å². The van der Waals surface area contributed by atoms with E-state index < -0.39 is 0 Å². The Balaban J connectivity index is 1.70. The quantitative estimate of drug-likeness (QED) is 0.797. The van der Waals surface area contributed by atoms with E-state index in [4.69, 9.17) is 0 Å². The molecule has 0 atom stereocenters. The summed E-state index contributed by atoms with van der Waals surface area (Å²) in [5, 5.41) is 12.2. The molecule has 0 radical (unpaired) electrons. The van der Waals surface area contributed by atoms with Gasteiger partial charge in [0.15, 0.2) is 0 Å². The number of nitrogens with zero attached hydrogens (tertiary/aromatic N) is 5. The molecule has 1 aromatic heterocycles. The van der Waals surface area contributed by atoms with Gasteiger partial charge in [-0.05, 0) is 40.8 Å². The zero-order valence-corrected chi connectivity index (χ0v) is 13.6. The summed E-state index contributed by atoms with van der Waals surface area (Å²) in [6.45, 7) is 6.09. The number of carbonyl (C=O) groups excluding carboxylic acids is 1. The number of carbonyl (C=O) groups is 1. The lowest BCUT2D eigenvalue weighted by Crippen LogP contribution is -2.39. The van der Waals surface area contributed by atoms with Gasteiger partial charge < -0.3 is 4.90 Å². The first-order valence-corrected chi connectivity index (χ1v) is 8.17. The van der Waals surface area contributed by atoms with Crippen LogP contribution in [0.5, 0.6) is 0 Å². The molecule has 0 aliphatic carbocycles. The second-order valence-corrected chi connectivity index (χ2v) is 7.15. The zero-order chi connectivity index (χ0) is 15.6. The summed E-state index contributed by atoms with van der Waals surface area (Å²) >= 11 is 1.09. The van der Waals surface area contributed by atoms with Gasteiger partial charge in [-0.3, -0.25) is 4.79 Å². The van der Waals surface area contributed by atoms with Crippen LogP contribution in [-0.4, -0.2) is 43.4 Å². The van der Waals surface area contributed by atoms with Crippen molar-refractivity contribution in [2.75, 3.05) is 13.1 Å². The second kappa shape index (κ2) is 6.08. The van der Waals surface area contributed by atoms with Crippen molar-refractivity contribution in [3.05, 3.63) is 30.3 Å². The predicted octanol–water partition coefficient (Wildman–Crippen LogP) is 3.00. The Morgan fingerprint density at radius 3 is 2.55 bits per heavy atom. The first-order valence-electron chi connectivity index (χ1n) is 7.36. The fraction of sp³-hybridized carbons (Fsp3) is 0.467. The maximum absolute atomic E-state index is 12.4. The Kier molecular flexibility index (Phi) is 4.15. The zero-order valence-electron chi connectivity index (χ0n) is 12.8. The van der Waals surface area contributed by atoms with Crippen LogP contribution >= 0.6 is 11.8 Å². The highest BCUT2D eigenvalue weighted by Gasteiger charge is 2.29. The van der Waals surface area contributed by atoms with Crippen molar-refractivity contribution >= 4 is 17.0 Å². The van der Waals surface area contributed by atoms with Gasteiger partial charge in [-0.25, -0.2) is 0 Å². The lowest BCUT2D eigenvalue weighted by molar-refractivity contribution is 0.156. The molecule has 0 unspecified atom stereocenters. The number of benzene rings is 1. The van der Waals surface area contributed by atoms with Gasteiger partial charge in [0, 0.05) is 24.9 Å². The number of para-hydroxylation sites is 1. The lowest BCUT2D eigenvalue weighted by Gasteiger charge is -2.36. The Bertz CT molecular complexity index is 645. The van der Waals surface area contributed by atoms with Crippen LogP contribution in [0.1, 0.15) is 26.7 Å². The average molecular weight is 317 g/mol. The number of rotatable bonds is 2. The third kappa shape index (κ3) is 3.30. The Hall–Kier alpha value is -1.89. The van der Waals surface area contributed by atoms with E-state index in [0.29, 0.717) is 10.6 Å². The van der Waals surface area contributed by atoms with Crippen molar-refractivity contribution in [2.24, 2.45) is 5.41 Å². The molecular weight excluding hydrogens is 298 g/mol. The molecule has 2 heterocycles. The monoisotopic (exact) mass is 317 g/mol. The minimum atomic E-state index is 0.0162. The minimum Gasteiger partial charge on any atom is -0.333 e. The fourth-order valence-corrected chi connectivity index (χ4v) is 3.18. The van der Waals surface area contributed by atoms with Gasteiger partial charge in [0.25, 0.3) is 5.24 Å². The van der Waals surface area contributed by atoms with Crippen LogP contribution in [0.25, 0.3) is 5.69 Å². The first-order chi connectivity index (χ1) is 10.6. The number of hydrogen-bond acceptors (Lipinski definition) is 5. The van der Waals surface area contributed by atoms with Crippen molar-refractivity contribution in [3.8, 4) is 5.69 Å². The minimum absolute atomic E-state index is 0.0162. The van der Waals surface area contributed by atoms with Crippen molar-refractivity contribution in [1.82, 2.24) is 25.1 Å². The van der Waals surface area contributed by atoms with Crippen molar-refractivity contribution in [3.63, 3.8) is 0 Å². The summed E-state index contributed by atoms with van der Waals surface area (Å²) in [5.41, 5.74) is 1.18. The Morgan fingerprint density at radius 1 is 1.18 bits per heavy atom. The van der Waals surface area contributed by atoms with Gasteiger partial charge in [-0.2, -0.15) is 4.68 Å². The van der Waals surface area contributed by atoms with E-state index in [2.05, 4.69) is 29.4 Å². The van der Waals surface area contributed by atoms with Gasteiger partial charge >= 0.3 is 0 Å². The predicted molar refractivity (Wildman–Crippen MR) is 85.0 cm³/mol. The molecule has 1 fully saturated rings. The van der Waals surface area contributed by atoms with Gasteiger partial charge in [0.2, 0.25) is 5.16 Å². The van der Waals surface area contributed by atoms with Crippen LogP contribution in [0.2, 0.25) is 0 Å². The van der Waals surface area contributed by atoms with E-state index in [1.165, 1.54) is 0 Å². The molecule has 0 bridgehead atoms. The number of piperidine rings is 1. The number of thioether (sulfide) groups is 1. The van der Waals surface area contributed by atoms with Crippen LogP contribution in [0, 0.1) is 5.41 Å². The molecule has 1 aliphatic heterocycles. The van der Waals surface area contributed by atoms with E-state index >= 15 is 0 Å². The van der Waals surface area contributed by atoms with Gasteiger partial charge in [0.05, 0.1) is 5.69 Å². The smallest absolute Gasteiger partial charge is 0.289 e. The maximum atomic E-state index is 12.4. The van der Waals surface area contributed by atoms with Crippen molar-refractivity contribution < 1.29 is 4.79 Å². The molecular formula is C15H19N5OS. The molecule has 7 heteroatoms. The van der Waals surface area contributed by atoms with Crippen LogP contribution in [0.4, 0.5) is 4.79 Å². The van der Waals surface area contributed by atoms with Crippen LogP contribution in [0.15, 0.2) is 35.5 Å². The van der Waals surface area contributed by atoms with Gasteiger partial charge in [0.1, 0.15) is 0 Å². The number of aromatic nitrogens is 4. The topological polar surface area (TPSA) is 63.9 Å². The molecule has 22 heavy (non-hydrogen) atoms. The molecule has 1 aromatic carbocycles. The molecule has 116 valence electrons. The highest BCUT2D eigenvalue weighted by Crippen LogP contribution is 2.32. The van der Waals surface area contributed by atoms with Crippen LogP contribution in [-0.2, 0) is 0 Å². The number of tetrazole rings is 1. The highest BCUT2D eigenvalue weighted by atomic mass is 32.2.